The summed E-state index contributed by atoms with van der Waals surface area (Å²) in [6.07, 6.45) is 3.58. The quantitative estimate of drug-likeness (QED) is 0.217. The number of nitrogens with one attached hydrogen (secondary N) is 1. The lowest BCUT2D eigenvalue weighted by Gasteiger charge is -2.32. The molecule has 0 aliphatic heterocycles. The van der Waals surface area contributed by atoms with E-state index in [-0.39, 0.29) is 37.7 Å². The highest BCUT2D eigenvalue weighted by molar-refractivity contribution is 7.92. The Morgan fingerprint density at radius 1 is 0.929 bits per heavy atom. The van der Waals surface area contributed by atoms with Crippen LogP contribution in [0.15, 0.2) is 78.9 Å². The van der Waals surface area contributed by atoms with Crippen molar-refractivity contribution in [2.24, 2.45) is 0 Å². The molecule has 10 heteroatoms. The van der Waals surface area contributed by atoms with E-state index in [1.54, 1.807) is 48.4 Å². The van der Waals surface area contributed by atoms with Gasteiger partial charge in [-0.25, -0.2) is 8.42 Å². The van der Waals surface area contributed by atoms with Crippen molar-refractivity contribution in [1.29, 1.82) is 0 Å². The maximum Gasteiger partial charge on any atom is 0.243 e. The number of carbonyl (C=O) groups is 2. The molecule has 0 bridgehead atoms. The standard InChI is InChI=1S/C32H40ClN3O5S/c1-4-5-21-34-32(38)30(23-25-10-7-6-8-11-25)35(24-26-13-15-27(33)16-14-26)31(37)12-9-22-36(42(3,39)40)28-17-19-29(41-2)20-18-28/h6-8,10-11,13-20,30H,4-5,9,12,21-24H2,1-3H3,(H,34,38). The fourth-order valence-electron chi connectivity index (χ4n) is 4.60. The van der Waals surface area contributed by atoms with Gasteiger partial charge in [0, 0.05) is 37.5 Å². The van der Waals surface area contributed by atoms with Crippen molar-refractivity contribution in [1.82, 2.24) is 10.2 Å². The molecule has 0 radical (unpaired) electrons. The maximum atomic E-state index is 13.9. The van der Waals surface area contributed by atoms with Gasteiger partial charge in [-0.05, 0) is 60.4 Å². The molecule has 226 valence electrons. The molecule has 0 fully saturated rings. The summed E-state index contributed by atoms with van der Waals surface area (Å²) in [6, 6.07) is 22.8. The zero-order chi connectivity index (χ0) is 30.5. The van der Waals surface area contributed by atoms with Gasteiger partial charge in [-0.2, -0.15) is 0 Å². The monoisotopic (exact) mass is 613 g/mol. The van der Waals surface area contributed by atoms with Gasteiger partial charge in [-0.1, -0.05) is 67.4 Å². The van der Waals surface area contributed by atoms with Gasteiger partial charge in [0.1, 0.15) is 11.8 Å². The molecule has 8 nitrogen and oxygen atoms in total. The van der Waals surface area contributed by atoms with Gasteiger partial charge in [-0.15, -0.1) is 0 Å². The fraction of sp³-hybridized carbons (Fsp3) is 0.375. The van der Waals surface area contributed by atoms with Crippen LogP contribution in [0.3, 0.4) is 0 Å². The largest absolute Gasteiger partial charge is 0.497 e. The Morgan fingerprint density at radius 2 is 1.60 bits per heavy atom. The van der Waals surface area contributed by atoms with Gasteiger partial charge in [0.25, 0.3) is 0 Å². The Balaban J connectivity index is 1.85. The highest BCUT2D eigenvalue weighted by Crippen LogP contribution is 2.23. The minimum Gasteiger partial charge on any atom is -0.497 e. The smallest absolute Gasteiger partial charge is 0.243 e. The number of ether oxygens (including phenoxy) is 1. The summed E-state index contributed by atoms with van der Waals surface area (Å²) >= 11 is 6.10. The second-order valence-electron chi connectivity index (χ2n) is 10.1. The number of unbranched alkanes of at least 4 members (excludes halogenated alkanes) is 1. The van der Waals surface area contributed by atoms with Crippen LogP contribution in [-0.2, 0) is 32.6 Å². The van der Waals surface area contributed by atoms with Crippen molar-refractivity contribution in [3.63, 3.8) is 0 Å². The summed E-state index contributed by atoms with van der Waals surface area (Å²) in [5.41, 5.74) is 2.26. The van der Waals surface area contributed by atoms with Crippen LogP contribution in [0.4, 0.5) is 5.69 Å². The molecule has 0 aliphatic carbocycles. The number of sulfonamides is 1. The van der Waals surface area contributed by atoms with Crippen LogP contribution in [-0.4, -0.2) is 57.6 Å². The highest BCUT2D eigenvalue weighted by Gasteiger charge is 2.30. The molecule has 0 saturated carbocycles. The first kappa shape index (κ1) is 32.9. The first-order valence-corrected chi connectivity index (χ1v) is 16.3. The number of amides is 2. The molecule has 0 aromatic heterocycles. The first-order valence-electron chi connectivity index (χ1n) is 14.1. The second-order valence-corrected chi connectivity index (χ2v) is 12.5. The number of carbonyl (C=O) groups excluding carboxylic acids is 2. The Bertz CT molecular complexity index is 1380. The van der Waals surface area contributed by atoms with E-state index in [1.807, 2.05) is 42.5 Å². The van der Waals surface area contributed by atoms with Crippen molar-refractivity contribution >= 4 is 39.1 Å². The van der Waals surface area contributed by atoms with Crippen LogP contribution in [0.2, 0.25) is 5.02 Å². The van der Waals surface area contributed by atoms with Crippen molar-refractivity contribution in [2.75, 3.05) is 30.8 Å². The Labute approximate surface area is 254 Å². The summed E-state index contributed by atoms with van der Waals surface area (Å²) in [6.45, 7) is 2.89. The minimum absolute atomic E-state index is 0.0588. The average molecular weight is 614 g/mol. The molecule has 3 aromatic rings. The number of methoxy groups -OCH3 is 1. The van der Waals surface area contributed by atoms with E-state index in [0.29, 0.717) is 29.4 Å². The predicted octanol–water partition coefficient (Wildman–Crippen LogP) is 5.45. The van der Waals surface area contributed by atoms with Crippen LogP contribution in [0.5, 0.6) is 5.75 Å². The van der Waals surface area contributed by atoms with Crippen LogP contribution in [0.1, 0.15) is 43.7 Å². The third kappa shape index (κ3) is 10.1. The summed E-state index contributed by atoms with van der Waals surface area (Å²) in [4.78, 5) is 29.0. The zero-order valence-corrected chi connectivity index (χ0v) is 26.0. The number of rotatable bonds is 16. The predicted molar refractivity (Wildman–Crippen MR) is 168 cm³/mol. The lowest BCUT2D eigenvalue weighted by atomic mass is 10.0. The molecule has 0 saturated heterocycles. The molecule has 0 spiro atoms. The molecule has 1 unspecified atom stereocenters. The van der Waals surface area contributed by atoms with Crippen LogP contribution >= 0.6 is 11.6 Å². The summed E-state index contributed by atoms with van der Waals surface area (Å²) < 4.78 is 31.7. The first-order chi connectivity index (χ1) is 20.1. The van der Waals surface area contributed by atoms with E-state index in [1.165, 1.54) is 4.31 Å². The number of anilines is 1. The molecular weight excluding hydrogens is 574 g/mol. The summed E-state index contributed by atoms with van der Waals surface area (Å²) in [5, 5.41) is 3.59. The summed E-state index contributed by atoms with van der Waals surface area (Å²) in [7, 11) is -2.06. The topological polar surface area (TPSA) is 96.0 Å². The van der Waals surface area contributed by atoms with Crippen LogP contribution in [0, 0.1) is 0 Å². The Kier molecular flexibility index (Phi) is 12.7. The molecule has 0 aliphatic rings. The Morgan fingerprint density at radius 3 is 2.19 bits per heavy atom. The van der Waals surface area contributed by atoms with Gasteiger partial charge >= 0.3 is 0 Å². The second kappa shape index (κ2) is 16.2. The van der Waals surface area contributed by atoms with Crippen molar-refractivity contribution in [3.05, 3.63) is 95.0 Å². The summed E-state index contributed by atoms with van der Waals surface area (Å²) in [5.74, 6) is 0.159. The molecule has 1 N–H and O–H groups in total. The molecule has 3 aromatic carbocycles. The highest BCUT2D eigenvalue weighted by atomic mass is 35.5. The fourth-order valence-corrected chi connectivity index (χ4v) is 5.69. The lowest BCUT2D eigenvalue weighted by Crippen LogP contribution is -2.50. The molecule has 1 atom stereocenters. The molecular formula is C32H40ClN3O5S. The van der Waals surface area contributed by atoms with E-state index in [9.17, 15) is 18.0 Å². The van der Waals surface area contributed by atoms with Gasteiger partial charge in [-0.3, -0.25) is 13.9 Å². The van der Waals surface area contributed by atoms with E-state index < -0.39 is 16.1 Å². The van der Waals surface area contributed by atoms with E-state index >= 15 is 0 Å². The molecule has 42 heavy (non-hydrogen) atoms. The van der Waals surface area contributed by atoms with Crippen LogP contribution < -0.4 is 14.4 Å². The lowest BCUT2D eigenvalue weighted by molar-refractivity contribution is -0.141. The average Bonchev–Trinajstić information content (AvgIpc) is 2.98. The molecule has 0 heterocycles. The van der Waals surface area contributed by atoms with E-state index in [4.69, 9.17) is 16.3 Å². The SMILES string of the molecule is CCCCNC(=O)C(Cc1ccccc1)N(Cc1ccc(Cl)cc1)C(=O)CCCN(c1ccc(OC)cc1)S(C)(=O)=O. The van der Waals surface area contributed by atoms with Crippen molar-refractivity contribution < 1.29 is 22.7 Å². The van der Waals surface area contributed by atoms with Gasteiger partial charge < -0.3 is 15.0 Å². The third-order valence-electron chi connectivity index (χ3n) is 6.88. The Hall–Kier alpha value is -3.56. The number of hydrogen-bond acceptors (Lipinski definition) is 5. The normalized spacial score (nSPS) is 11.9. The molecule has 2 amide bonds. The van der Waals surface area contributed by atoms with Gasteiger partial charge in [0.05, 0.1) is 19.1 Å². The maximum absolute atomic E-state index is 13.9. The van der Waals surface area contributed by atoms with E-state index in [0.717, 1.165) is 30.2 Å². The van der Waals surface area contributed by atoms with Crippen molar-refractivity contribution in [2.45, 2.75) is 51.6 Å². The third-order valence-corrected chi connectivity index (χ3v) is 8.33. The number of halogens is 1. The van der Waals surface area contributed by atoms with Gasteiger partial charge in [0.15, 0.2) is 0 Å². The number of benzene rings is 3. The van der Waals surface area contributed by atoms with Crippen LogP contribution in [0.25, 0.3) is 0 Å². The van der Waals surface area contributed by atoms with Gasteiger partial charge in [0.2, 0.25) is 21.8 Å². The van der Waals surface area contributed by atoms with Crippen molar-refractivity contribution in [3.8, 4) is 5.75 Å². The minimum atomic E-state index is -3.60. The van der Waals surface area contributed by atoms with E-state index in [2.05, 4.69) is 12.2 Å². The number of nitrogens with zero attached hydrogens (tertiary/aromatic N) is 2. The number of hydrogen-bond donors (Lipinski definition) is 1. The molecule has 3 rings (SSSR count). The zero-order valence-electron chi connectivity index (χ0n) is 24.5.